The van der Waals surface area contributed by atoms with Gasteiger partial charge >= 0.3 is 0 Å². The smallest absolute Gasteiger partial charge is 0.161 e. The lowest BCUT2D eigenvalue weighted by Crippen LogP contribution is -2.47. The van der Waals surface area contributed by atoms with Gasteiger partial charge in [0.15, 0.2) is 11.5 Å². The average molecular weight is 263 g/mol. The number of hydrogen-bond acceptors (Lipinski definition) is 3. The molecule has 1 aliphatic heterocycles. The highest BCUT2D eigenvalue weighted by Crippen LogP contribution is 2.39. The highest BCUT2D eigenvalue weighted by molar-refractivity contribution is 5.50. The van der Waals surface area contributed by atoms with Gasteiger partial charge in [0.1, 0.15) is 0 Å². The lowest BCUT2D eigenvalue weighted by Gasteiger charge is -2.39. The summed E-state index contributed by atoms with van der Waals surface area (Å²) in [5, 5.41) is 3.74. The zero-order valence-electron chi connectivity index (χ0n) is 12.7. The van der Waals surface area contributed by atoms with Crippen molar-refractivity contribution >= 4 is 0 Å². The molecule has 1 N–H and O–H groups in total. The van der Waals surface area contributed by atoms with Crippen molar-refractivity contribution in [1.82, 2.24) is 5.32 Å². The molecule has 1 aromatic carbocycles. The Morgan fingerprint density at radius 1 is 1.21 bits per heavy atom. The van der Waals surface area contributed by atoms with Crippen LogP contribution >= 0.6 is 0 Å². The van der Waals surface area contributed by atoms with E-state index in [-0.39, 0.29) is 5.54 Å². The highest BCUT2D eigenvalue weighted by Gasteiger charge is 2.31. The van der Waals surface area contributed by atoms with E-state index in [9.17, 15) is 0 Å². The van der Waals surface area contributed by atoms with Crippen molar-refractivity contribution in [2.45, 2.75) is 51.6 Å². The van der Waals surface area contributed by atoms with Gasteiger partial charge in [0.25, 0.3) is 0 Å². The molecule has 0 radical (unpaired) electrons. The topological polar surface area (TPSA) is 30.5 Å². The van der Waals surface area contributed by atoms with Gasteiger partial charge in [0, 0.05) is 11.6 Å². The molecule has 3 nitrogen and oxygen atoms in total. The molecule has 0 amide bonds. The molecule has 0 aromatic heterocycles. The van der Waals surface area contributed by atoms with Gasteiger partial charge in [-0.25, -0.2) is 0 Å². The molecule has 0 aliphatic carbocycles. The van der Waals surface area contributed by atoms with E-state index in [0.29, 0.717) is 6.04 Å². The van der Waals surface area contributed by atoms with Crippen LogP contribution in [0.5, 0.6) is 11.5 Å². The second kappa shape index (κ2) is 5.41. The van der Waals surface area contributed by atoms with Crippen LogP contribution in [0.3, 0.4) is 0 Å². The Morgan fingerprint density at radius 3 is 2.42 bits per heavy atom. The van der Waals surface area contributed by atoms with Gasteiger partial charge in [-0.05, 0) is 49.9 Å². The van der Waals surface area contributed by atoms with Crippen LogP contribution in [-0.2, 0) is 6.42 Å². The average Bonchev–Trinajstić information content (AvgIpc) is 2.36. The fourth-order valence-corrected chi connectivity index (χ4v) is 3.01. The molecule has 19 heavy (non-hydrogen) atoms. The molecule has 1 aromatic rings. The molecule has 106 valence electrons. The predicted octanol–water partition coefficient (Wildman–Crippen LogP) is 3.47. The maximum absolute atomic E-state index is 5.43. The SMILES string of the molecule is CCC[C@H]1NC(C)(C)Cc2cc(OC)c(OC)cc21. The normalized spacial score (nSPS) is 20.8. The first-order chi connectivity index (χ1) is 9.00. The van der Waals surface area contributed by atoms with Crippen LogP contribution in [0, 0.1) is 0 Å². The lowest BCUT2D eigenvalue weighted by molar-refractivity contribution is 0.294. The van der Waals surface area contributed by atoms with E-state index in [1.165, 1.54) is 17.5 Å². The van der Waals surface area contributed by atoms with Crippen LogP contribution < -0.4 is 14.8 Å². The highest BCUT2D eigenvalue weighted by atomic mass is 16.5. The van der Waals surface area contributed by atoms with Crippen LogP contribution in [0.25, 0.3) is 0 Å². The number of ether oxygens (including phenoxy) is 2. The van der Waals surface area contributed by atoms with Gasteiger partial charge in [-0.2, -0.15) is 0 Å². The van der Waals surface area contributed by atoms with Gasteiger partial charge in [0.2, 0.25) is 0 Å². The summed E-state index contributed by atoms with van der Waals surface area (Å²) in [6.07, 6.45) is 3.33. The standard InChI is InChI=1S/C16H25NO2/c1-6-7-13-12-9-15(19-5)14(18-4)8-11(12)10-16(2,3)17-13/h8-9,13,17H,6-7,10H2,1-5H3/t13-/m1/s1. The minimum Gasteiger partial charge on any atom is -0.493 e. The van der Waals surface area contributed by atoms with Crippen molar-refractivity contribution in [3.63, 3.8) is 0 Å². The first-order valence-corrected chi connectivity index (χ1v) is 7.03. The minimum absolute atomic E-state index is 0.131. The van der Waals surface area contributed by atoms with Crippen LogP contribution in [0.1, 0.15) is 50.8 Å². The summed E-state index contributed by atoms with van der Waals surface area (Å²) in [4.78, 5) is 0. The molecule has 0 unspecified atom stereocenters. The Hall–Kier alpha value is -1.22. The molecule has 2 rings (SSSR count). The fraction of sp³-hybridized carbons (Fsp3) is 0.625. The Balaban J connectivity index is 2.47. The zero-order valence-corrected chi connectivity index (χ0v) is 12.7. The van der Waals surface area contributed by atoms with Crippen molar-refractivity contribution < 1.29 is 9.47 Å². The molecule has 1 aliphatic rings. The zero-order chi connectivity index (χ0) is 14.0. The third-order valence-electron chi connectivity index (χ3n) is 3.80. The monoisotopic (exact) mass is 263 g/mol. The molecular weight excluding hydrogens is 238 g/mol. The molecule has 0 bridgehead atoms. The van der Waals surface area contributed by atoms with E-state index < -0.39 is 0 Å². The van der Waals surface area contributed by atoms with Crippen LogP contribution in [0.4, 0.5) is 0 Å². The number of benzene rings is 1. The van der Waals surface area contributed by atoms with Gasteiger partial charge < -0.3 is 14.8 Å². The van der Waals surface area contributed by atoms with E-state index in [4.69, 9.17) is 9.47 Å². The van der Waals surface area contributed by atoms with Crippen molar-refractivity contribution in [3.05, 3.63) is 23.3 Å². The Morgan fingerprint density at radius 2 is 1.84 bits per heavy atom. The summed E-state index contributed by atoms with van der Waals surface area (Å²) < 4.78 is 10.8. The second-order valence-electron chi connectivity index (χ2n) is 5.95. The first-order valence-electron chi connectivity index (χ1n) is 7.03. The molecule has 0 saturated carbocycles. The number of nitrogens with one attached hydrogen (secondary N) is 1. The van der Waals surface area contributed by atoms with Crippen molar-refractivity contribution in [2.24, 2.45) is 0 Å². The van der Waals surface area contributed by atoms with Crippen LogP contribution in [-0.4, -0.2) is 19.8 Å². The maximum Gasteiger partial charge on any atom is 0.161 e. The summed E-state index contributed by atoms with van der Waals surface area (Å²) in [6.45, 7) is 6.74. The van der Waals surface area contributed by atoms with Gasteiger partial charge in [-0.1, -0.05) is 13.3 Å². The maximum atomic E-state index is 5.43. The van der Waals surface area contributed by atoms with E-state index in [2.05, 4.69) is 38.2 Å². The van der Waals surface area contributed by atoms with Gasteiger partial charge in [-0.15, -0.1) is 0 Å². The summed E-state index contributed by atoms with van der Waals surface area (Å²) in [5.74, 6) is 1.65. The van der Waals surface area contributed by atoms with Crippen molar-refractivity contribution in [3.8, 4) is 11.5 Å². The summed E-state index contributed by atoms with van der Waals surface area (Å²) >= 11 is 0. The van der Waals surface area contributed by atoms with E-state index in [1.807, 2.05) is 0 Å². The van der Waals surface area contributed by atoms with Crippen molar-refractivity contribution in [1.29, 1.82) is 0 Å². The minimum atomic E-state index is 0.131. The van der Waals surface area contributed by atoms with Crippen LogP contribution in [0.15, 0.2) is 12.1 Å². The lowest BCUT2D eigenvalue weighted by atomic mass is 9.82. The third-order valence-corrected chi connectivity index (χ3v) is 3.80. The number of rotatable bonds is 4. The predicted molar refractivity (Wildman–Crippen MR) is 78.1 cm³/mol. The van der Waals surface area contributed by atoms with E-state index >= 15 is 0 Å². The summed E-state index contributed by atoms with van der Waals surface area (Å²) in [6, 6.07) is 4.68. The molecule has 0 fully saturated rings. The summed E-state index contributed by atoms with van der Waals surface area (Å²) in [5.41, 5.74) is 2.87. The van der Waals surface area contributed by atoms with Crippen LogP contribution in [0.2, 0.25) is 0 Å². The molecular formula is C16H25NO2. The third kappa shape index (κ3) is 2.86. The van der Waals surface area contributed by atoms with Gasteiger partial charge in [0.05, 0.1) is 14.2 Å². The summed E-state index contributed by atoms with van der Waals surface area (Å²) in [7, 11) is 3.39. The number of methoxy groups -OCH3 is 2. The van der Waals surface area contributed by atoms with Gasteiger partial charge in [-0.3, -0.25) is 0 Å². The molecule has 1 atom stereocenters. The quantitative estimate of drug-likeness (QED) is 0.902. The number of hydrogen-bond donors (Lipinski definition) is 1. The molecule has 0 saturated heterocycles. The second-order valence-corrected chi connectivity index (χ2v) is 5.95. The Kier molecular flexibility index (Phi) is 4.04. The largest absolute Gasteiger partial charge is 0.493 e. The molecule has 3 heteroatoms. The van der Waals surface area contributed by atoms with E-state index in [0.717, 1.165) is 24.3 Å². The number of fused-ring (bicyclic) bond motifs is 1. The fourth-order valence-electron chi connectivity index (χ4n) is 3.01. The molecule has 0 spiro atoms. The first kappa shape index (κ1) is 14.2. The van der Waals surface area contributed by atoms with E-state index in [1.54, 1.807) is 14.2 Å². The Bertz CT molecular complexity index is 454. The molecule has 1 heterocycles. The van der Waals surface area contributed by atoms with Crippen molar-refractivity contribution in [2.75, 3.05) is 14.2 Å². The Labute approximate surface area is 116 Å².